The highest BCUT2D eigenvalue weighted by Gasteiger charge is 2.53. The van der Waals surface area contributed by atoms with Crippen LogP contribution in [0, 0.1) is 11.3 Å². The number of nitrogens with zero attached hydrogens (tertiary/aromatic N) is 2. The van der Waals surface area contributed by atoms with Crippen LogP contribution in [0.1, 0.15) is 32.1 Å². The normalized spacial score (nSPS) is 50.6. The molecule has 0 saturated heterocycles. The summed E-state index contributed by atoms with van der Waals surface area (Å²) in [6.07, 6.45) is 7.62. The summed E-state index contributed by atoms with van der Waals surface area (Å²) in [4.78, 5) is 0. The lowest BCUT2D eigenvalue weighted by Gasteiger charge is -2.22. The lowest BCUT2D eigenvalue weighted by atomic mass is 9.83. The molecule has 0 aromatic carbocycles. The van der Waals surface area contributed by atoms with Crippen molar-refractivity contribution in [3.63, 3.8) is 0 Å². The van der Waals surface area contributed by atoms with E-state index in [1.807, 2.05) is 0 Å². The first-order valence-corrected chi connectivity index (χ1v) is 4.29. The molecule has 2 bridgehead atoms. The Morgan fingerprint density at radius 3 is 2.20 bits per heavy atom. The van der Waals surface area contributed by atoms with E-state index < -0.39 is 0 Å². The van der Waals surface area contributed by atoms with Gasteiger partial charge in [-0.25, -0.2) is 0 Å². The average molecular weight is 136 g/mol. The minimum absolute atomic E-state index is 0.444. The second-order valence-corrected chi connectivity index (χ2v) is 4.11. The molecular weight excluding hydrogens is 124 g/mol. The molecule has 2 nitrogen and oxygen atoms in total. The van der Waals surface area contributed by atoms with Gasteiger partial charge in [0.05, 0.1) is 0 Å². The zero-order valence-corrected chi connectivity index (χ0v) is 6.08. The monoisotopic (exact) mass is 136 g/mol. The van der Waals surface area contributed by atoms with E-state index in [9.17, 15) is 0 Å². The first kappa shape index (κ1) is 5.28. The van der Waals surface area contributed by atoms with Crippen molar-refractivity contribution >= 4 is 0 Å². The minimum atomic E-state index is 0.444. The maximum Gasteiger partial charge on any atom is 0.186 e. The van der Waals surface area contributed by atoms with Gasteiger partial charge in [0.25, 0.3) is 0 Å². The highest BCUT2D eigenvalue weighted by molar-refractivity contribution is 5.04. The van der Waals surface area contributed by atoms with Gasteiger partial charge in [0.1, 0.15) is 0 Å². The zero-order chi connectivity index (χ0) is 6.60. The van der Waals surface area contributed by atoms with E-state index in [0.717, 1.165) is 5.92 Å². The van der Waals surface area contributed by atoms with Crippen molar-refractivity contribution in [2.75, 3.05) is 0 Å². The first-order valence-electron chi connectivity index (χ1n) is 4.29. The molecule has 10 heavy (non-hydrogen) atoms. The molecule has 0 amide bonds. The smallest absolute Gasteiger partial charge is 0.162 e. The Bertz CT molecular complexity index is 183. The lowest BCUT2D eigenvalue weighted by molar-refractivity contribution is 0.281. The molecule has 54 valence electrons. The number of hydrogen-bond acceptors (Lipinski definition) is 2. The summed E-state index contributed by atoms with van der Waals surface area (Å²) in [5.41, 5.74) is 0.588. The van der Waals surface area contributed by atoms with Gasteiger partial charge in [0, 0.05) is 5.41 Å². The van der Waals surface area contributed by atoms with Crippen molar-refractivity contribution in [1.82, 2.24) is 0 Å². The van der Waals surface area contributed by atoms with Gasteiger partial charge in [0.15, 0.2) is 6.17 Å². The van der Waals surface area contributed by atoms with Crippen LogP contribution in [-0.4, -0.2) is 6.17 Å². The maximum atomic E-state index is 4.08. The topological polar surface area (TPSA) is 24.7 Å². The molecule has 0 aromatic rings. The van der Waals surface area contributed by atoms with E-state index in [0.29, 0.717) is 11.6 Å². The fourth-order valence-electron chi connectivity index (χ4n) is 2.88. The molecule has 3 rings (SSSR count). The third-order valence-corrected chi connectivity index (χ3v) is 3.57. The molecule has 2 saturated carbocycles. The summed E-state index contributed by atoms with van der Waals surface area (Å²) < 4.78 is 0. The molecule has 0 radical (unpaired) electrons. The molecule has 2 fully saturated rings. The van der Waals surface area contributed by atoms with Crippen molar-refractivity contribution in [3.8, 4) is 0 Å². The Labute approximate surface area is 60.7 Å². The summed E-state index contributed by atoms with van der Waals surface area (Å²) in [7, 11) is 0. The van der Waals surface area contributed by atoms with E-state index >= 15 is 0 Å². The van der Waals surface area contributed by atoms with Crippen molar-refractivity contribution in [2.45, 2.75) is 38.3 Å². The molecule has 0 aromatic heterocycles. The van der Waals surface area contributed by atoms with Crippen molar-refractivity contribution in [3.05, 3.63) is 0 Å². The molecule has 1 aliphatic heterocycles. The van der Waals surface area contributed by atoms with Gasteiger partial charge in [-0.05, 0) is 38.0 Å². The fourth-order valence-corrected chi connectivity index (χ4v) is 2.88. The van der Waals surface area contributed by atoms with Crippen LogP contribution in [0.15, 0.2) is 10.2 Å². The minimum Gasteiger partial charge on any atom is -0.162 e. The third-order valence-electron chi connectivity index (χ3n) is 3.57. The van der Waals surface area contributed by atoms with Crippen LogP contribution in [-0.2, 0) is 0 Å². The second-order valence-electron chi connectivity index (χ2n) is 4.11. The van der Waals surface area contributed by atoms with E-state index in [4.69, 9.17) is 0 Å². The predicted octanol–water partition coefficient (Wildman–Crippen LogP) is 2.36. The van der Waals surface area contributed by atoms with Crippen LogP contribution in [0.4, 0.5) is 0 Å². The Hall–Kier alpha value is -0.400. The summed E-state index contributed by atoms with van der Waals surface area (Å²) in [5, 5.41) is 8.16. The zero-order valence-electron chi connectivity index (χ0n) is 6.08. The Morgan fingerprint density at radius 1 is 1.10 bits per heavy atom. The summed E-state index contributed by atoms with van der Waals surface area (Å²) >= 11 is 0. The van der Waals surface area contributed by atoms with Gasteiger partial charge in [0.2, 0.25) is 0 Å². The lowest BCUT2D eigenvalue weighted by Crippen LogP contribution is -2.20. The van der Waals surface area contributed by atoms with Gasteiger partial charge in [-0.1, -0.05) is 0 Å². The van der Waals surface area contributed by atoms with Gasteiger partial charge in [-0.15, -0.1) is 0 Å². The van der Waals surface area contributed by atoms with Crippen LogP contribution < -0.4 is 0 Å². The first-order chi connectivity index (χ1) is 4.89. The molecule has 0 atom stereocenters. The Morgan fingerprint density at radius 2 is 1.80 bits per heavy atom. The molecule has 0 spiro atoms. The standard InChI is InChI=1S/C8H12N2/c1-3-8(7-9-10-7)4-2-6(1)5-8/h6-7H,1-5H2. The molecule has 0 N–H and O–H groups in total. The van der Waals surface area contributed by atoms with Gasteiger partial charge < -0.3 is 0 Å². The highest BCUT2D eigenvalue weighted by atomic mass is 15.4. The van der Waals surface area contributed by atoms with E-state index in [1.165, 1.54) is 32.1 Å². The number of rotatable bonds is 1. The van der Waals surface area contributed by atoms with Crippen LogP contribution in [0.2, 0.25) is 0 Å². The molecule has 1 heterocycles. The molecular formula is C8H12N2. The SMILES string of the molecule is C1CC2(C3N=N3)CCC1C2. The number of hydrogen-bond donors (Lipinski definition) is 0. The second kappa shape index (κ2) is 1.44. The molecule has 3 aliphatic rings. The number of fused-ring (bicyclic) bond motifs is 2. The van der Waals surface area contributed by atoms with Crippen LogP contribution >= 0.6 is 0 Å². The van der Waals surface area contributed by atoms with Crippen LogP contribution in [0.25, 0.3) is 0 Å². The third kappa shape index (κ3) is 0.505. The Balaban J connectivity index is 1.89. The van der Waals surface area contributed by atoms with Gasteiger partial charge >= 0.3 is 0 Å². The van der Waals surface area contributed by atoms with Gasteiger partial charge in [-0.3, -0.25) is 0 Å². The van der Waals surface area contributed by atoms with E-state index in [-0.39, 0.29) is 0 Å². The van der Waals surface area contributed by atoms with Gasteiger partial charge in [-0.2, -0.15) is 10.2 Å². The average Bonchev–Trinajstić information content (AvgIpc) is 2.66. The maximum absolute atomic E-state index is 4.08. The van der Waals surface area contributed by atoms with Crippen molar-refractivity contribution in [1.29, 1.82) is 0 Å². The Kier molecular flexibility index (Phi) is 0.758. The van der Waals surface area contributed by atoms with Crippen molar-refractivity contribution in [2.24, 2.45) is 21.6 Å². The predicted molar refractivity (Wildman–Crippen MR) is 37.7 cm³/mol. The van der Waals surface area contributed by atoms with Crippen LogP contribution in [0.3, 0.4) is 0 Å². The van der Waals surface area contributed by atoms with E-state index in [1.54, 1.807) is 0 Å². The summed E-state index contributed by atoms with van der Waals surface area (Å²) in [6, 6.07) is 0. The summed E-state index contributed by atoms with van der Waals surface area (Å²) in [5.74, 6) is 1.05. The molecule has 0 unspecified atom stereocenters. The van der Waals surface area contributed by atoms with Crippen LogP contribution in [0.5, 0.6) is 0 Å². The largest absolute Gasteiger partial charge is 0.186 e. The summed E-state index contributed by atoms with van der Waals surface area (Å²) in [6.45, 7) is 0. The van der Waals surface area contributed by atoms with Crippen molar-refractivity contribution < 1.29 is 0 Å². The fraction of sp³-hybridized carbons (Fsp3) is 1.00. The quantitative estimate of drug-likeness (QED) is 0.528. The van der Waals surface area contributed by atoms with E-state index in [2.05, 4.69) is 10.2 Å². The molecule has 2 heteroatoms. The molecule has 2 aliphatic carbocycles. The highest BCUT2D eigenvalue weighted by Crippen LogP contribution is 2.59.